The van der Waals surface area contributed by atoms with E-state index in [2.05, 4.69) is 30.4 Å². The Bertz CT molecular complexity index is 104. The largest absolute Gasteiger partial charge is 0.304 e. The number of allylic oxidation sites excluding steroid dienone is 1. The molecule has 1 aliphatic rings. The van der Waals surface area contributed by atoms with E-state index < -0.39 is 0 Å². The lowest BCUT2D eigenvalue weighted by Crippen LogP contribution is -2.44. The van der Waals surface area contributed by atoms with Crippen molar-refractivity contribution in [2.75, 3.05) is 39.8 Å². The summed E-state index contributed by atoms with van der Waals surface area (Å²) in [7, 11) is 2.19. The average molecular weight is 170 g/mol. The van der Waals surface area contributed by atoms with Crippen LogP contribution in [0.3, 0.4) is 0 Å². The molecule has 0 N–H and O–H groups in total. The Morgan fingerprint density at radius 1 is 1.25 bits per heavy atom. The molecule has 1 fully saturated rings. The highest BCUT2D eigenvalue weighted by Crippen LogP contribution is 1.96. The Labute approximate surface area is 76.9 Å². The van der Waals surface area contributed by atoms with Gasteiger partial charge in [0.1, 0.15) is 0 Å². The molecule has 0 aliphatic carbocycles. The van der Waals surface area contributed by atoms with Gasteiger partial charge in [-0.2, -0.15) is 0 Å². The SMILES string of the molecule is C=CC.CCN1CCN(C)CC1. The molecule has 0 aromatic carbocycles. The van der Waals surface area contributed by atoms with Gasteiger partial charge in [-0.3, -0.25) is 0 Å². The Balaban J connectivity index is 0.000000354. The quantitative estimate of drug-likeness (QED) is 0.550. The average Bonchev–Trinajstić information content (AvgIpc) is 2.07. The van der Waals surface area contributed by atoms with Crippen LogP contribution in [-0.4, -0.2) is 49.6 Å². The molecular weight excluding hydrogens is 148 g/mol. The molecule has 0 aromatic heterocycles. The Hall–Kier alpha value is -0.340. The van der Waals surface area contributed by atoms with Gasteiger partial charge in [0.2, 0.25) is 0 Å². The summed E-state index contributed by atoms with van der Waals surface area (Å²) in [6.07, 6.45) is 1.75. The molecule has 0 saturated carbocycles. The van der Waals surface area contributed by atoms with Gasteiger partial charge in [-0.15, -0.1) is 6.58 Å². The van der Waals surface area contributed by atoms with Crippen molar-refractivity contribution in [3.8, 4) is 0 Å². The summed E-state index contributed by atoms with van der Waals surface area (Å²) in [6.45, 7) is 13.7. The highest BCUT2D eigenvalue weighted by molar-refractivity contribution is 4.66. The van der Waals surface area contributed by atoms with E-state index in [1.807, 2.05) is 6.92 Å². The Kier molecular flexibility index (Phi) is 7.11. The lowest BCUT2D eigenvalue weighted by molar-refractivity contribution is 0.160. The van der Waals surface area contributed by atoms with Gasteiger partial charge in [0.15, 0.2) is 0 Å². The summed E-state index contributed by atoms with van der Waals surface area (Å²) >= 11 is 0. The first-order valence-corrected chi connectivity index (χ1v) is 4.72. The van der Waals surface area contributed by atoms with Crippen molar-refractivity contribution in [2.45, 2.75) is 13.8 Å². The summed E-state index contributed by atoms with van der Waals surface area (Å²) in [5.74, 6) is 0. The van der Waals surface area contributed by atoms with E-state index in [1.165, 1.54) is 32.7 Å². The molecule has 0 atom stereocenters. The molecule has 1 aliphatic heterocycles. The number of piperazine rings is 1. The van der Waals surface area contributed by atoms with Gasteiger partial charge in [-0.25, -0.2) is 0 Å². The van der Waals surface area contributed by atoms with Gasteiger partial charge >= 0.3 is 0 Å². The van der Waals surface area contributed by atoms with Gasteiger partial charge in [0.25, 0.3) is 0 Å². The normalized spacial score (nSPS) is 19.6. The molecule has 0 bridgehead atoms. The maximum absolute atomic E-state index is 3.36. The number of nitrogens with zero attached hydrogens (tertiary/aromatic N) is 2. The highest BCUT2D eigenvalue weighted by Gasteiger charge is 2.10. The van der Waals surface area contributed by atoms with Crippen LogP contribution in [0.4, 0.5) is 0 Å². The molecule has 1 saturated heterocycles. The van der Waals surface area contributed by atoms with Crippen LogP contribution in [0.25, 0.3) is 0 Å². The van der Waals surface area contributed by atoms with E-state index in [0.717, 1.165) is 0 Å². The van der Waals surface area contributed by atoms with E-state index in [0.29, 0.717) is 0 Å². The van der Waals surface area contributed by atoms with Crippen LogP contribution in [0.15, 0.2) is 12.7 Å². The second kappa shape index (κ2) is 7.32. The molecule has 2 nitrogen and oxygen atoms in total. The molecule has 72 valence electrons. The molecular formula is C10H22N2. The van der Waals surface area contributed by atoms with Crippen molar-refractivity contribution >= 4 is 0 Å². The van der Waals surface area contributed by atoms with E-state index in [9.17, 15) is 0 Å². The number of rotatable bonds is 1. The van der Waals surface area contributed by atoms with Gasteiger partial charge in [-0.1, -0.05) is 13.0 Å². The fourth-order valence-corrected chi connectivity index (χ4v) is 1.16. The molecule has 1 heterocycles. The fourth-order valence-electron chi connectivity index (χ4n) is 1.16. The Morgan fingerprint density at radius 3 is 2.00 bits per heavy atom. The molecule has 0 spiro atoms. The van der Waals surface area contributed by atoms with Gasteiger partial charge in [0, 0.05) is 26.2 Å². The Morgan fingerprint density at radius 2 is 1.67 bits per heavy atom. The zero-order chi connectivity index (χ0) is 9.40. The summed E-state index contributed by atoms with van der Waals surface area (Å²) in [6, 6.07) is 0. The molecule has 0 amide bonds. The van der Waals surface area contributed by atoms with Crippen LogP contribution in [0, 0.1) is 0 Å². The first kappa shape index (κ1) is 11.7. The third kappa shape index (κ3) is 5.33. The summed E-state index contributed by atoms with van der Waals surface area (Å²) in [5, 5.41) is 0. The van der Waals surface area contributed by atoms with E-state index in [4.69, 9.17) is 0 Å². The maximum Gasteiger partial charge on any atom is 0.0110 e. The maximum atomic E-state index is 3.36. The van der Waals surface area contributed by atoms with Crippen LogP contribution in [0.2, 0.25) is 0 Å². The third-order valence-corrected chi connectivity index (χ3v) is 2.04. The van der Waals surface area contributed by atoms with E-state index in [-0.39, 0.29) is 0 Å². The van der Waals surface area contributed by atoms with E-state index in [1.54, 1.807) is 6.08 Å². The minimum Gasteiger partial charge on any atom is -0.304 e. The van der Waals surface area contributed by atoms with E-state index >= 15 is 0 Å². The molecule has 12 heavy (non-hydrogen) atoms. The van der Waals surface area contributed by atoms with Crippen molar-refractivity contribution < 1.29 is 0 Å². The third-order valence-electron chi connectivity index (χ3n) is 2.04. The number of likely N-dealkylation sites (N-methyl/N-ethyl adjacent to an activating group) is 2. The first-order chi connectivity index (χ1) is 5.74. The lowest BCUT2D eigenvalue weighted by atomic mass is 10.3. The second-order valence-electron chi connectivity index (χ2n) is 3.15. The number of hydrogen-bond acceptors (Lipinski definition) is 2. The second-order valence-corrected chi connectivity index (χ2v) is 3.15. The smallest absolute Gasteiger partial charge is 0.0110 e. The van der Waals surface area contributed by atoms with Crippen molar-refractivity contribution in [3.05, 3.63) is 12.7 Å². The minimum atomic E-state index is 1.22. The van der Waals surface area contributed by atoms with Crippen LogP contribution >= 0.6 is 0 Å². The van der Waals surface area contributed by atoms with Crippen molar-refractivity contribution in [3.63, 3.8) is 0 Å². The highest BCUT2D eigenvalue weighted by atomic mass is 15.2. The molecule has 0 aromatic rings. The lowest BCUT2D eigenvalue weighted by Gasteiger charge is -2.31. The molecule has 1 rings (SSSR count). The standard InChI is InChI=1S/C7H16N2.C3H6/c1-3-9-6-4-8(2)5-7-9;1-3-2/h3-7H2,1-2H3;3H,1H2,2H3. The summed E-state index contributed by atoms with van der Waals surface area (Å²) in [4.78, 5) is 4.87. The monoisotopic (exact) mass is 170 g/mol. The molecule has 0 radical (unpaired) electrons. The summed E-state index contributed by atoms with van der Waals surface area (Å²) in [5.41, 5.74) is 0. The topological polar surface area (TPSA) is 6.48 Å². The summed E-state index contributed by atoms with van der Waals surface area (Å²) < 4.78 is 0. The number of hydrogen-bond donors (Lipinski definition) is 0. The van der Waals surface area contributed by atoms with Crippen molar-refractivity contribution in [1.82, 2.24) is 9.80 Å². The zero-order valence-electron chi connectivity index (χ0n) is 8.71. The first-order valence-electron chi connectivity index (χ1n) is 4.72. The fraction of sp³-hybridized carbons (Fsp3) is 0.800. The predicted octanol–water partition coefficient (Wildman–Crippen LogP) is 1.45. The zero-order valence-corrected chi connectivity index (χ0v) is 8.71. The van der Waals surface area contributed by atoms with Crippen LogP contribution < -0.4 is 0 Å². The predicted molar refractivity (Wildman–Crippen MR) is 55.5 cm³/mol. The minimum absolute atomic E-state index is 1.22. The van der Waals surface area contributed by atoms with Crippen molar-refractivity contribution in [1.29, 1.82) is 0 Å². The van der Waals surface area contributed by atoms with Gasteiger partial charge < -0.3 is 9.80 Å². The van der Waals surface area contributed by atoms with Gasteiger partial charge in [0.05, 0.1) is 0 Å². The molecule has 2 heteroatoms. The van der Waals surface area contributed by atoms with Crippen LogP contribution in [-0.2, 0) is 0 Å². The van der Waals surface area contributed by atoms with Crippen molar-refractivity contribution in [2.24, 2.45) is 0 Å². The van der Waals surface area contributed by atoms with Gasteiger partial charge in [-0.05, 0) is 20.5 Å². The van der Waals surface area contributed by atoms with Crippen LogP contribution in [0.5, 0.6) is 0 Å². The van der Waals surface area contributed by atoms with Crippen LogP contribution in [0.1, 0.15) is 13.8 Å². The molecule has 0 unspecified atom stereocenters.